The van der Waals surface area contributed by atoms with Gasteiger partial charge in [0, 0.05) is 31.2 Å². The number of hydroxylamine groups is 1. The van der Waals surface area contributed by atoms with E-state index in [2.05, 4.69) is 34.6 Å². The van der Waals surface area contributed by atoms with E-state index in [1.807, 2.05) is 6.07 Å². The van der Waals surface area contributed by atoms with Crippen LogP contribution in [0, 0.1) is 11.8 Å². The summed E-state index contributed by atoms with van der Waals surface area (Å²) >= 11 is 0. The summed E-state index contributed by atoms with van der Waals surface area (Å²) in [5, 5.41) is 0. The number of piperidine rings is 2. The molecule has 4 aliphatic rings. The first-order valence-corrected chi connectivity index (χ1v) is 7.24. The van der Waals surface area contributed by atoms with E-state index < -0.39 is 0 Å². The number of nitrogens with one attached hydrogen (secondary N) is 1. The third-order valence-corrected chi connectivity index (χ3v) is 4.62. The van der Waals surface area contributed by atoms with Crippen molar-refractivity contribution in [1.82, 2.24) is 10.4 Å². The van der Waals surface area contributed by atoms with Crippen LogP contribution in [0.1, 0.15) is 18.4 Å². The van der Waals surface area contributed by atoms with E-state index >= 15 is 0 Å². The van der Waals surface area contributed by atoms with Gasteiger partial charge in [0.2, 0.25) is 0 Å². The second-order valence-electron chi connectivity index (χ2n) is 6.09. The molecule has 1 aliphatic carbocycles. The maximum Gasteiger partial charge on any atom is 0.0996 e. The van der Waals surface area contributed by atoms with Crippen molar-refractivity contribution in [3.05, 3.63) is 47.2 Å². The van der Waals surface area contributed by atoms with E-state index in [0.29, 0.717) is 12.5 Å². The van der Waals surface area contributed by atoms with E-state index in [1.54, 1.807) is 5.57 Å². The van der Waals surface area contributed by atoms with Gasteiger partial charge in [0.25, 0.3) is 0 Å². The highest BCUT2D eigenvalue weighted by atomic mass is 16.6. The van der Waals surface area contributed by atoms with Gasteiger partial charge in [-0.1, -0.05) is 30.3 Å². The van der Waals surface area contributed by atoms with Crippen molar-refractivity contribution in [3.63, 3.8) is 0 Å². The fourth-order valence-electron chi connectivity index (χ4n) is 3.88. The normalized spacial score (nSPS) is 31.9. The molecular weight excluding hydrogens is 236 g/mol. The third kappa shape index (κ3) is 2.17. The summed E-state index contributed by atoms with van der Waals surface area (Å²) in [4.78, 5) is 8.32. The van der Waals surface area contributed by atoms with Gasteiger partial charge in [0.15, 0.2) is 0 Å². The Balaban J connectivity index is 1.41. The minimum absolute atomic E-state index is 0.636. The van der Waals surface area contributed by atoms with Gasteiger partial charge in [0.1, 0.15) is 0 Å². The maximum atomic E-state index is 5.72. The fraction of sp³-hybridized carbons (Fsp3) is 0.500. The zero-order valence-electron chi connectivity index (χ0n) is 11.1. The third-order valence-electron chi connectivity index (χ3n) is 4.62. The Morgan fingerprint density at radius 1 is 1.21 bits per heavy atom. The minimum Gasteiger partial charge on any atom is -0.298 e. The van der Waals surface area contributed by atoms with Crippen molar-refractivity contribution in [2.75, 3.05) is 19.6 Å². The van der Waals surface area contributed by atoms with E-state index in [1.165, 1.54) is 37.2 Å². The van der Waals surface area contributed by atoms with Crippen LogP contribution in [0.5, 0.6) is 0 Å². The van der Waals surface area contributed by atoms with Crippen LogP contribution >= 0.6 is 0 Å². The van der Waals surface area contributed by atoms with Crippen LogP contribution < -0.4 is 5.48 Å². The summed E-state index contributed by atoms with van der Waals surface area (Å²) in [5.74, 6) is 1.59. The highest BCUT2D eigenvalue weighted by Gasteiger charge is 2.40. The van der Waals surface area contributed by atoms with Gasteiger partial charge in [-0.3, -0.25) is 15.2 Å². The number of nitrogens with zero attached hydrogens (tertiary/aromatic N) is 1. The molecule has 3 unspecified atom stereocenters. The largest absolute Gasteiger partial charge is 0.298 e. The number of hydrogen-bond acceptors (Lipinski definition) is 3. The lowest BCUT2D eigenvalue weighted by Gasteiger charge is -2.49. The summed E-state index contributed by atoms with van der Waals surface area (Å²) in [7, 11) is 0. The second kappa shape index (κ2) is 4.66. The smallest absolute Gasteiger partial charge is 0.0996 e. The Morgan fingerprint density at radius 2 is 2.11 bits per heavy atom. The SMILES string of the molecule is c1ccc(CONC2=C3CC4CC2CN(C3)C4)cc1. The molecule has 0 saturated carbocycles. The van der Waals surface area contributed by atoms with E-state index in [4.69, 9.17) is 4.84 Å². The topological polar surface area (TPSA) is 24.5 Å². The molecule has 1 aromatic rings. The van der Waals surface area contributed by atoms with Gasteiger partial charge in [0.05, 0.1) is 6.61 Å². The molecule has 0 radical (unpaired) electrons. The number of hydrogen-bond donors (Lipinski definition) is 1. The molecule has 3 nitrogen and oxygen atoms in total. The molecule has 0 aromatic heterocycles. The van der Waals surface area contributed by atoms with E-state index in [9.17, 15) is 0 Å². The van der Waals surface area contributed by atoms with Gasteiger partial charge in [-0.05, 0) is 29.9 Å². The molecule has 3 aliphatic heterocycles. The van der Waals surface area contributed by atoms with Crippen LogP contribution in [0.25, 0.3) is 0 Å². The summed E-state index contributed by atoms with van der Waals surface area (Å²) in [6.45, 7) is 4.33. The molecule has 3 heteroatoms. The zero-order chi connectivity index (χ0) is 12.7. The highest BCUT2D eigenvalue weighted by Crippen LogP contribution is 2.42. The van der Waals surface area contributed by atoms with Crippen molar-refractivity contribution in [2.24, 2.45) is 11.8 Å². The van der Waals surface area contributed by atoms with Crippen molar-refractivity contribution in [3.8, 4) is 0 Å². The Hall–Kier alpha value is -1.32. The van der Waals surface area contributed by atoms with Crippen LogP contribution in [0.4, 0.5) is 0 Å². The number of rotatable bonds is 4. The Kier molecular flexibility index (Phi) is 2.82. The molecule has 3 heterocycles. The predicted octanol–water partition coefficient (Wildman–Crippen LogP) is 2.32. The van der Waals surface area contributed by atoms with E-state index in [-0.39, 0.29) is 0 Å². The highest BCUT2D eigenvalue weighted by molar-refractivity contribution is 5.26. The molecule has 100 valence electrons. The molecule has 19 heavy (non-hydrogen) atoms. The average molecular weight is 256 g/mol. The first-order valence-electron chi connectivity index (χ1n) is 7.24. The molecule has 0 amide bonds. The van der Waals surface area contributed by atoms with Crippen molar-refractivity contribution in [2.45, 2.75) is 19.4 Å². The van der Waals surface area contributed by atoms with Gasteiger partial charge < -0.3 is 0 Å². The molecule has 1 aromatic carbocycles. The lowest BCUT2D eigenvalue weighted by Crippen LogP contribution is -2.52. The lowest BCUT2D eigenvalue weighted by atomic mass is 9.73. The Bertz CT molecular complexity index is 481. The molecule has 2 saturated heterocycles. The van der Waals surface area contributed by atoms with Gasteiger partial charge in [-0.25, -0.2) is 0 Å². The predicted molar refractivity (Wildman–Crippen MR) is 74.0 cm³/mol. The summed E-state index contributed by atoms with van der Waals surface area (Å²) in [6, 6.07) is 10.3. The standard InChI is InChI=1S/C16H20N2O/c1-2-4-12(5-3-1)11-19-17-16-14-6-13-7-15(16)10-18(8-13)9-14/h1-5,13-14,17H,6-11H2. The van der Waals surface area contributed by atoms with Crippen LogP contribution in [0.2, 0.25) is 0 Å². The lowest BCUT2D eigenvalue weighted by molar-refractivity contribution is 0.0152. The number of benzene rings is 1. The summed E-state index contributed by atoms with van der Waals surface area (Å²) in [5.41, 5.74) is 7.46. The molecule has 0 spiro atoms. The van der Waals surface area contributed by atoms with Crippen LogP contribution in [-0.2, 0) is 11.4 Å². The molecular formula is C16H20N2O. The first kappa shape index (κ1) is 11.5. The molecule has 1 N–H and O–H groups in total. The quantitative estimate of drug-likeness (QED) is 0.837. The Morgan fingerprint density at radius 3 is 2.89 bits per heavy atom. The van der Waals surface area contributed by atoms with Crippen LogP contribution in [0.3, 0.4) is 0 Å². The zero-order valence-corrected chi connectivity index (χ0v) is 11.1. The maximum absolute atomic E-state index is 5.72. The molecule has 2 fully saturated rings. The molecule has 4 bridgehead atoms. The summed E-state index contributed by atoms with van der Waals surface area (Å²) < 4.78 is 0. The monoisotopic (exact) mass is 256 g/mol. The Labute approximate surface area is 114 Å². The van der Waals surface area contributed by atoms with Gasteiger partial charge in [-0.2, -0.15) is 0 Å². The second-order valence-corrected chi connectivity index (χ2v) is 6.09. The van der Waals surface area contributed by atoms with Crippen molar-refractivity contribution < 1.29 is 4.84 Å². The van der Waals surface area contributed by atoms with Gasteiger partial charge in [-0.15, -0.1) is 0 Å². The van der Waals surface area contributed by atoms with Crippen molar-refractivity contribution >= 4 is 0 Å². The summed E-state index contributed by atoms with van der Waals surface area (Å²) in [6.07, 6.45) is 2.63. The molecule has 3 atom stereocenters. The minimum atomic E-state index is 0.636. The van der Waals surface area contributed by atoms with Crippen LogP contribution in [0.15, 0.2) is 41.6 Å². The molecule has 5 rings (SSSR count). The van der Waals surface area contributed by atoms with Gasteiger partial charge >= 0.3 is 0 Å². The van der Waals surface area contributed by atoms with E-state index in [0.717, 1.165) is 12.5 Å². The van der Waals surface area contributed by atoms with Crippen LogP contribution in [-0.4, -0.2) is 24.5 Å². The first-order chi connectivity index (χ1) is 9.38. The van der Waals surface area contributed by atoms with Crippen molar-refractivity contribution in [1.29, 1.82) is 0 Å². The average Bonchev–Trinajstić information content (AvgIpc) is 2.42. The fourth-order valence-corrected chi connectivity index (χ4v) is 3.88.